The van der Waals surface area contributed by atoms with Crippen molar-refractivity contribution >= 4 is 29.9 Å². The number of halogens is 2. The Hall–Kier alpha value is -0.810. The molecule has 0 saturated carbocycles. The molecule has 2 rings (SSSR count). The van der Waals surface area contributed by atoms with Crippen molar-refractivity contribution in [2.45, 2.75) is 12.8 Å². The lowest BCUT2D eigenvalue weighted by atomic mass is 10.1. The number of hydrogen-bond acceptors (Lipinski definition) is 3. The van der Waals surface area contributed by atoms with Crippen LogP contribution in [0.1, 0.15) is 12.0 Å². The molecule has 1 fully saturated rings. The van der Waals surface area contributed by atoms with Gasteiger partial charge in [-0.3, -0.25) is 9.69 Å². The van der Waals surface area contributed by atoms with E-state index in [1.807, 2.05) is 24.3 Å². The maximum Gasteiger partial charge on any atom is 0.220 e. The summed E-state index contributed by atoms with van der Waals surface area (Å²) in [5.74, 6) is 0.120. The summed E-state index contributed by atoms with van der Waals surface area (Å²) in [5, 5.41) is 7.03. The monoisotopic (exact) mass is 331 g/mol. The molecule has 1 aromatic carbocycles. The van der Waals surface area contributed by atoms with Gasteiger partial charge in [0.25, 0.3) is 0 Å². The number of nitrogens with zero attached hydrogens (tertiary/aromatic N) is 1. The van der Waals surface area contributed by atoms with E-state index in [4.69, 9.17) is 11.6 Å². The lowest BCUT2D eigenvalue weighted by molar-refractivity contribution is -0.121. The molecule has 0 aliphatic carbocycles. The summed E-state index contributed by atoms with van der Waals surface area (Å²) in [4.78, 5) is 14.1. The molecule has 1 saturated heterocycles. The topological polar surface area (TPSA) is 44.4 Å². The Labute approximate surface area is 137 Å². The lowest BCUT2D eigenvalue weighted by Gasteiger charge is -2.27. The van der Waals surface area contributed by atoms with Gasteiger partial charge in [0, 0.05) is 50.7 Å². The number of carbonyl (C=O) groups excluding carboxylic acids is 1. The smallest absolute Gasteiger partial charge is 0.220 e. The highest BCUT2D eigenvalue weighted by Crippen LogP contribution is 2.10. The van der Waals surface area contributed by atoms with Crippen molar-refractivity contribution in [2.24, 2.45) is 0 Å². The first-order chi connectivity index (χ1) is 9.74. The first-order valence-corrected chi connectivity index (χ1v) is 7.56. The van der Waals surface area contributed by atoms with Crippen molar-refractivity contribution in [1.29, 1.82) is 0 Å². The Morgan fingerprint density at radius 1 is 1.24 bits per heavy atom. The van der Waals surface area contributed by atoms with Crippen LogP contribution in [0.25, 0.3) is 0 Å². The van der Waals surface area contributed by atoms with E-state index in [2.05, 4.69) is 15.5 Å². The zero-order valence-electron chi connectivity index (χ0n) is 12.1. The summed E-state index contributed by atoms with van der Waals surface area (Å²) in [6.07, 6.45) is 1.29. The summed E-state index contributed by atoms with van der Waals surface area (Å²) >= 11 is 5.83. The Morgan fingerprint density at radius 2 is 1.90 bits per heavy atom. The van der Waals surface area contributed by atoms with E-state index in [0.717, 1.165) is 56.3 Å². The van der Waals surface area contributed by atoms with Crippen LogP contribution < -0.4 is 10.6 Å². The lowest BCUT2D eigenvalue weighted by Crippen LogP contribution is -2.46. The average molecular weight is 332 g/mol. The molecular weight excluding hydrogens is 309 g/mol. The molecule has 0 spiro atoms. The largest absolute Gasteiger partial charge is 0.355 e. The maximum absolute atomic E-state index is 11.8. The molecule has 118 valence electrons. The first-order valence-electron chi connectivity index (χ1n) is 7.18. The number of rotatable bonds is 6. The van der Waals surface area contributed by atoms with Crippen LogP contribution in [-0.2, 0) is 11.2 Å². The van der Waals surface area contributed by atoms with Crippen LogP contribution >= 0.6 is 24.0 Å². The number of benzene rings is 1. The van der Waals surface area contributed by atoms with Gasteiger partial charge in [-0.25, -0.2) is 0 Å². The fraction of sp³-hybridized carbons (Fsp3) is 0.533. The second kappa shape index (κ2) is 10.0. The number of aryl methyl sites for hydroxylation is 1. The highest BCUT2D eigenvalue weighted by Gasteiger charge is 2.09. The van der Waals surface area contributed by atoms with Crippen LogP contribution in [-0.4, -0.2) is 50.1 Å². The van der Waals surface area contributed by atoms with E-state index in [-0.39, 0.29) is 18.3 Å². The molecular formula is C15H23Cl2N3O. The van der Waals surface area contributed by atoms with Crippen molar-refractivity contribution < 1.29 is 4.79 Å². The van der Waals surface area contributed by atoms with Crippen molar-refractivity contribution in [3.8, 4) is 0 Å². The minimum Gasteiger partial charge on any atom is -0.355 e. The van der Waals surface area contributed by atoms with Gasteiger partial charge in [-0.15, -0.1) is 12.4 Å². The minimum atomic E-state index is 0. The maximum atomic E-state index is 11.8. The molecule has 4 nitrogen and oxygen atoms in total. The van der Waals surface area contributed by atoms with Crippen LogP contribution in [0.15, 0.2) is 24.3 Å². The number of piperazine rings is 1. The molecule has 0 bridgehead atoms. The van der Waals surface area contributed by atoms with Crippen molar-refractivity contribution in [2.75, 3.05) is 39.3 Å². The van der Waals surface area contributed by atoms with Crippen LogP contribution in [0.4, 0.5) is 0 Å². The Bertz CT molecular complexity index is 419. The molecule has 0 radical (unpaired) electrons. The normalized spacial score (nSPS) is 15.3. The van der Waals surface area contributed by atoms with E-state index in [9.17, 15) is 4.79 Å². The number of amides is 1. The van der Waals surface area contributed by atoms with Crippen molar-refractivity contribution in [1.82, 2.24) is 15.5 Å². The molecule has 1 aliphatic heterocycles. The molecule has 1 amide bonds. The number of hydrogen-bond donors (Lipinski definition) is 2. The minimum absolute atomic E-state index is 0. The van der Waals surface area contributed by atoms with Gasteiger partial charge in [-0.1, -0.05) is 23.7 Å². The predicted octanol–water partition coefficient (Wildman–Crippen LogP) is 1.72. The first kappa shape index (κ1) is 18.2. The zero-order valence-corrected chi connectivity index (χ0v) is 13.7. The van der Waals surface area contributed by atoms with Gasteiger partial charge in [-0.2, -0.15) is 0 Å². The molecule has 21 heavy (non-hydrogen) atoms. The van der Waals surface area contributed by atoms with E-state index in [0.29, 0.717) is 6.42 Å². The molecule has 1 aromatic rings. The van der Waals surface area contributed by atoms with Gasteiger partial charge < -0.3 is 10.6 Å². The van der Waals surface area contributed by atoms with Gasteiger partial charge in [-0.05, 0) is 24.1 Å². The van der Waals surface area contributed by atoms with Crippen molar-refractivity contribution in [3.63, 3.8) is 0 Å². The standard InChI is InChI=1S/C15H22ClN3O.ClH/c16-14-4-1-13(2-5-14)3-6-15(20)18-9-12-19-10-7-17-8-11-19;/h1-2,4-5,17H,3,6-12H2,(H,18,20);1H. The van der Waals surface area contributed by atoms with E-state index in [1.165, 1.54) is 0 Å². The Kier molecular flexibility index (Phi) is 8.69. The van der Waals surface area contributed by atoms with Crippen LogP contribution in [0.5, 0.6) is 0 Å². The van der Waals surface area contributed by atoms with E-state index >= 15 is 0 Å². The second-order valence-corrected chi connectivity index (χ2v) is 5.50. The Morgan fingerprint density at radius 3 is 2.57 bits per heavy atom. The molecule has 0 unspecified atom stereocenters. The molecule has 6 heteroatoms. The molecule has 1 heterocycles. The van der Waals surface area contributed by atoms with Gasteiger partial charge >= 0.3 is 0 Å². The molecule has 2 N–H and O–H groups in total. The number of carbonyl (C=O) groups is 1. The fourth-order valence-electron chi connectivity index (χ4n) is 2.29. The summed E-state index contributed by atoms with van der Waals surface area (Å²) in [6, 6.07) is 7.66. The van der Waals surface area contributed by atoms with E-state index in [1.54, 1.807) is 0 Å². The van der Waals surface area contributed by atoms with Gasteiger partial charge in [0.1, 0.15) is 0 Å². The third-order valence-electron chi connectivity index (χ3n) is 3.51. The van der Waals surface area contributed by atoms with Crippen LogP contribution in [0, 0.1) is 0 Å². The quantitative estimate of drug-likeness (QED) is 0.834. The highest BCUT2D eigenvalue weighted by atomic mass is 35.5. The average Bonchev–Trinajstić information content (AvgIpc) is 2.48. The summed E-state index contributed by atoms with van der Waals surface area (Å²) in [7, 11) is 0. The third kappa shape index (κ3) is 7.14. The summed E-state index contributed by atoms with van der Waals surface area (Å²) in [5.41, 5.74) is 1.15. The van der Waals surface area contributed by atoms with Gasteiger partial charge in [0.05, 0.1) is 0 Å². The molecule has 0 aromatic heterocycles. The SMILES string of the molecule is Cl.O=C(CCc1ccc(Cl)cc1)NCCN1CCNCC1. The van der Waals surface area contributed by atoms with E-state index < -0.39 is 0 Å². The second-order valence-electron chi connectivity index (χ2n) is 5.07. The zero-order chi connectivity index (χ0) is 14.2. The van der Waals surface area contributed by atoms with Gasteiger partial charge in [0.15, 0.2) is 0 Å². The summed E-state index contributed by atoms with van der Waals surface area (Å²) in [6.45, 7) is 5.91. The van der Waals surface area contributed by atoms with Crippen LogP contribution in [0.2, 0.25) is 5.02 Å². The van der Waals surface area contributed by atoms with Crippen LogP contribution in [0.3, 0.4) is 0 Å². The summed E-state index contributed by atoms with van der Waals surface area (Å²) < 4.78 is 0. The number of nitrogens with one attached hydrogen (secondary N) is 2. The third-order valence-corrected chi connectivity index (χ3v) is 3.77. The predicted molar refractivity (Wildman–Crippen MR) is 89.3 cm³/mol. The van der Waals surface area contributed by atoms with Gasteiger partial charge in [0.2, 0.25) is 5.91 Å². The fourth-order valence-corrected chi connectivity index (χ4v) is 2.41. The molecule has 0 atom stereocenters. The highest BCUT2D eigenvalue weighted by molar-refractivity contribution is 6.30. The van der Waals surface area contributed by atoms with Crippen molar-refractivity contribution in [3.05, 3.63) is 34.9 Å². The Balaban J connectivity index is 0.00000220. The molecule has 1 aliphatic rings.